The van der Waals surface area contributed by atoms with E-state index in [1.165, 1.54) is 0 Å². The van der Waals surface area contributed by atoms with Crippen molar-refractivity contribution in [3.63, 3.8) is 0 Å². The molecule has 1 aliphatic heterocycles. The summed E-state index contributed by atoms with van der Waals surface area (Å²) in [4.78, 5) is 18.4. The Bertz CT molecular complexity index is 852. The van der Waals surface area contributed by atoms with Crippen molar-refractivity contribution < 1.29 is 5.11 Å². The van der Waals surface area contributed by atoms with Gasteiger partial charge in [0.15, 0.2) is 5.13 Å². The van der Waals surface area contributed by atoms with E-state index in [1.54, 1.807) is 11.3 Å². The molecule has 0 fully saturated rings. The molecule has 3 heterocycles. The molecule has 0 aliphatic carbocycles. The van der Waals surface area contributed by atoms with Gasteiger partial charge in [-0.1, -0.05) is 38.5 Å². The first kappa shape index (κ1) is 23.6. The van der Waals surface area contributed by atoms with Gasteiger partial charge in [0.25, 0.3) is 0 Å². The molecule has 0 radical (unpaired) electrons. The van der Waals surface area contributed by atoms with E-state index in [0.29, 0.717) is 18.4 Å². The first-order valence-electron chi connectivity index (χ1n) is 11.3. The lowest BCUT2D eigenvalue weighted by atomic mass is 10.1. The molecule has 8 nitrogen and oxygen atoms in total. The summed E-state index contributed by atoms with van der Waals surface area (Å²) in [6.07, 6.45) is 7.11. The van der Waals surface area contributed by atoms with Gasteiger partial charge in [-0.15, -0.1) is 0 Å². The average molecular weight is 446 g/mol. The highest BCUT2D eigenvalue weighted by atomic mass is 32.1. The van der Waals surface area contributed by atoms with Gasteiger partial charge in [-0.25, -0.2) is 15.0 Å². The monoisotopic (exact) mass is 445 g/mol. The molecule has 0 bridgehead atoms. The van der Waals surface area contributed by atoms with E-state index in [9.17, 15) is 5.11 Å². The van der Waals surface area contributed by atoms with Crippen LogP contribution in [0.1, 0.15) is 64.3 Å². The van der Waals surface area contributed by atoms with Crippen LogP contribution in [0.25, 0.3) is 0 Å². The average Bonchev–Trinajstić information content (AvgIpc) is 3.13. The lowest BCUT2D eigenvalue weighted by molar-refractivity contribution is 0.152. The highest BCUT2D eigenvalue weighted by Gasteiger charge is 2.14. The fourth-order valence-corrected chi connectivity index (χ4v) is 4.24. The maximum Gasteiger partial charge on any atom is 0.224 e. The summed E-state index contributed by atoms with van der Waals surface area (Å²) in [6, 6.07) is 1.97. The van der Waals surface area contributed by atoms with Crippen LogP contribution in [0.4, 0.5) is 21.9 Å². The SMILES string of the molecule is CCC[C@H](O)CCCNc1nc(CNCC(C)C)cc(Nc2nc3c(s2)N=CCC3)n1. The van der Waals surface area contributed by atoms with E-state index < -0.39 is 0 Å². The van der Waals surface area contributed by atoms with E-state index in [0.717, 1.165) is 79.0 Å². The fraction of sp³-hybridized carbons (Fsp3) is 0.636. The molecule has 4 N–H and O–H groups in total. The molecule has 2 aromatic rings. The van der Waals surface area contributed by atoms with E-state index in [-0.39, 0.29) is 6.10 Å². The van der Waals surface area contributed by atoms with Gasteiger partial charge in [0, 0.05) is 25.4 Å². The van der Waals surface area contributed by atoms with Crippen molar-refractivity contribution in [2.24, 2.45) is 10.9 Å². The van der Waals surface area contributed by atoms with Gasteiger partial charge in [0.05, 0.1) is 17.5 Å². The number of hydrogen-bond acceptors (Lipinski definition) is 9. The Morgan fingerprint density at radius 1 is 1.19 bits per heavy atom. The second-order valence-corrected chi connectivity index (χ2v) is 9.33. The minimum atomic E-state index is -0.227. The molecule has 0 amide bonds. The minimum absolute atomic E-state index is 0.227. The molecule has 0 saturated carbocycles. The molecule has 2 aromatic heterocycles. The van der Waals surface area contributed by atoms with Gasteiger partial charge in [-0.2, -0.15) is 4.98 Å². The Morgan fingerprint density at radius 2 is 2.06 bits per heavy atom. The summed E-state index contributed by atoms with van der Waals surface area (Å²) in [6.45, 7) is 8.80. The normalized spacial score (nSPS) is 14.0. The van der Waals surface area contributed by atoms with Gasteiger partial charge in [0.1, 0.15) is 10.8 Å². The van der Waals surface area contributed by atoms with Crippen LogP contribution in [-0.2, 0) is 13.0 Å². The van der Waals surface area contributed by atoms with Gasteiger partial charge < -0.3 is 21.1 Å². The number of rotatable bonds is 13. The predicted octanol–water partition coefficient (Wildman–Crippen LogP) is 4.42. The number of fused-ring (bicyclic) bond motifs is 1. The first-order valence-corrected chi connectivity index (χ1v) is 12.1. The zero-order chi connectivity index (χ0) is 22.1. The van der Waals surface area contributed by atoms with E-state index in [2.05, 4.69) is 56.7 Å². The topological polar surface area (TPSA) is 107 Å². The van der Waals surface area contributed by atoms with Crippen LogP contribution >= 0.6 is 11.3 Å². The Kier molecular flexibility index (Phi) is 9.17. The molecule has 0 aromatic carbocycles. The number of hydrogen-bond donors (Lipinski definition) is 4. The predicted molar refractivity (Wildman–Crippen MR) is 129 cm³/mol. The van der Waals surface area contributed by atoms with Crippen LogP contribution in [-0.4, -0.2) is 45.5 Å². The molecule has 1 atom stereocenters. The van der Waals surface area contributed by atoms with Crippen molar-refractivity contribution in [1.82, 2.24) is 20.3 Å². The number of aliphatic imine (C=N–C) groups is 1. The number of anilines is 3. The zero-order valence-corrected chi connectivity index (χ0v) is 19.6. The number of aromatic nitrogens is 3. The van der Waals surface area contributed by atoms with E-state index in [1.807, 2.05) is 12.3 Å². The number of aliphatic hydroxyl groups excluding tert-OH is 1. The second kappa shape index (κ2) is 12.1. The maximum absolute atomic E-state index is 9.92. The van der Waals surface area contributed by atoms with E-state index >= 15 is 0 Å². The summed E-state index contributed by atoms with van der Waals surface area (Å²) in [7, 11) is 0. The quantitative estimate of drug-likeness (QED) is 0.338. The fourth-order valence-electron chi connectivity index (χ4n) is 3.35. The number of nitrogens with one attached hydrogen (secondary N) is 3. The Morgan fingerprint density at radius 3 is 2.84 bits per heavy atom. The van der Waals surface area contributed by atoms with Crippen LogP contribution in [0, 0.1) is 5.92 Å². The molecule has 0 unspecified atom stereocenters. The summed E-state index contributed by atoms with van der Waals surface area (Å²) >= 11 is 1.55. The molecule has 3 rings (SSSR count). The molecule has 0 spiro atoms. The molecule has 31 heavy (non-hydrogen) atoms. The van der Waals surface area contributed by atoms with Crippen LogP contribution in [0.5, 0.6) is 0 Å². The smallest absolute Gasteiger partial charge is 0.224 e. The highest BCUT2D eigenvalue weighted by molar-refractivity contribution is 7.19. The lowest BCUT2D eigenvalue weighted by Gasteiger charge is -2.12. The largest absolute Gasteiger partial charge is 0.393 e. The first-order chi connectivity index (χ1) is 15.0. The highest BCUT2D eigenvalue weighted by Crippen LogP contribution is 2.35. The lowest BCUT2D eigenvalue weighted by Crippen LogP contribution is -2.20. The zero-order valence-electron chi connectivity index (χ0n) is 18.8. The van der Waals surface area contributed by atoms with Crippen molar-refractivity contribution in [2.75, 3.05) is 23.7 Å². The summed E-state index contributed by atoms with van der Waals surface area (Å²) < 4.78 is 0. The Labute approximate surface area is 189 Å². The van der Waals surface area contributed by atoms with Gasteiger partial charge in [-0.05, 0) is 44.6 Å². The van der Waals surface area contributed by atoms with Crippen LogP contribution < -0.4 is 16.0 Å². The van der Waals surface area contributed by atoms with E-state index in [4.69, 9.17) is 0 Å². The molecule has 9 heteroatoms. The van der Waals surface area contributed by atoms with Crippen molar-refractivity contribution >= 4 is 39.5 Å². The van der Waals surface area contributed by atoms with Crippen molar-refractivity contribution in [3.8, 4) is 0 Å². The third-order valence-corrected chi connectivity index (χ3v) is 5.81. The van der Waals surface area contributed by atoms with Crippen molar-refractivity contribution in [2.45, 2.75) is 71.9 Å². The summed E-state index contributed by atoms with van der Waals surface area (Å²) in [5.74, 6) is 1.89. The number of nitrogens with zero attached hydrogens (tertiary/aromatic N) is 4. The summed E-state index contributed by atoms with van der Waals surface area (Å²) in [5.41, 5.74) is 1.97. The number of thiazole rings is 1. The third kappa shape index (κ3) is 7.83. The van der Waals surface area contributed by atoms with Crippen molar-refractivity contribution in [3.05, 3.63) is 17.5 Å². The Hall–Kier alpha value is -2.10. The molecular weight excluding hydrogens is 410 g/mol. The molecule has 1 aliphatic rings. The number of aliphatic hydroxyl groups is 1. The maximum atomic E-state index is 9.92. The summed E-state index contributed by atoms with van der Waals surface area (Å²) in [5, 5.41) is 21.8. The molecule has 170 valence electrons. The minimum Gasteiger partial charge on any atom is -0.393 e. The van der Waals surface area contributed by atoms with Crippen LogP contribution in [0.15, 0.2) is 11.1 Å². The number of aryl methyl sites for hydroxylation is 1. The van der Waals surface area contributed by atoms with Gasteiger partial charge >= 0.3 is 0 Å². The molecule has 0 saturated heterocycles. The third-order valence-electron chi connectivity index (χ3n) is 4.89. The van der Waals surface area contributed by atoms with Crippen LogP contribution in [0.3, 0.4) is 0 Å². The Balaban J connectivity index is 1.65. The van der Waals surface area contributed by atoms with Crippen LogP contribution in [0.2, 0.25) is 0 Å². The van der Waals surface area contributed by atoms with Gasteiger partial charge in [-0.3, -0.25) is 0 Å². The van der Waals surface area contributed by atoms with Gasteiger partial charge in [0.2, 0.25) is 5.95 Å². The van der Waals surface area contributed by atoms with Crippen molar-refractivity contribution in [1.29, 1.82) is 0 Å². The molecular formula is C22H35N7OS. The standard InChI is InChI=1S/C22H35N7OS/c1-4-7-17(30)8-5-11-25-21-26-16(14-23-13-15(2)3)12-19(28-21)29-22-27-18-9-6-10-24-20(18)31-22/h10,12,15,17,23,30H,4-9,11,13-14H2,1-3H3,(H2,25,26,27,28,29)/t17-/m0/s1. The second-order valence-electron chi connectivity index (χ2n) is 8.35.